The maximum Gasteiger partial charge on any atom is 0.490 e. The van der Waals surface area contributed by atoms with Crippen molar-refractivity contribution in [2.75, 3.05) is 64.3 Å². The van der Waals surface area contributed by atoms with Crippen LogP contribution in [0.2, 0.25) is 0 Å². The fraction of sp³-hybridized carbons (Fsp3) is 0.625. The molecule has 0 unspecified atom stereocenters. The van der Waals surface area contributed by atoms with Crippen LogP contribution in [-0.4, -0.2) is 98.6 Å². The average Bonchev–Trinajstić information content (AvgIpc) is 2.87. The summed E-state index contributed by atoms with van der Waals surface area (Å²) in [7, 11) is 7.39. The Kier molecular flexibility index (Phi) is 9.05. The van der Waals surface area contributed by atoms with E-state index in [1.54, 1.807) is 14.2 Å². The van der Waals surface area contributed by atoms with E-state index in [4.69, 9.17) is 29.3 Å². The number of nitrogens with zero attached hydrogens (tertiary/aromatic N) is 5. The first-order valence-electron chi connectivity index (χ1n) is 12.0. The second kappa shape index (κ2) is 11.7. The van der Waals surface area contributed by atoms with Gasteiger partial charge in [0.15, 0.2) is 11.5 Å². The van der Waals surface area contributed by atoms with Crippen LogP contribution >= 0.6 is 0 Å². The fourth-order valence-electron chi connectivity index (χ4n) is 4.43. The number of likely N-dealkylation sites (tertiary alicyclic amines) is 1. The number of fused-ring (bicyclic) bond motifs is 1. The molecular formula is C24H32F5N5O4. The molecule has 38 heavy (non-hydrogen) atoms. The van der Waals surface area contributed by atoms with Gasteiger partial charge in [-0.1, -0.05) is 0 Å². The molecule has 212 valence electrons. The molecule has 1 aromatic heterocycles. The van der Waals surface area contributed by atoms with Crippen LogP contribution in [0.5, 0.6) is 11.5 Å². The Hall–Kier alpha value is -3.16. The molecule has 0 spiro atoms. The lowest BCUT2D eigenvalue weighted by Gasteiger charge is -2.37. The minimum Gasteiger partial charge on any atom is -0.493 e. The van der Waals surface area contributed by atoms with Crippen LogP contribution in [0.4, 0.5) is 33.7 Å². The lowest BCUT2D eigenvalue weighted by molar-refractivity contribution is -0.192. The molecule has 2 aliphatic heterocycles. The number of halogens is 5. The highest BCUT2D eigenvalue weighted by Crippen LogP contribution is 2.38. The first-order chi connectivity index (χ1) is 17.8. The van der Waals surface area contributed by atoms with E-state index in [-0.39, 0.29) is 25.9 Å². The molecule has 2 saturated heterocycles. The SMILES string of the molecule is COc1cc2nc(N3CCC(F)(F)CC3)nc(N(C)C3CCN(C)CC3)c2cc1OC.O=C(O)C(F)(F)F. The van der Waals surface area contributed by atoms with Gasteiger partial charge in [-0.05, 0) is 39.0 Å². The quantitative estimate of drug-likeness (QED) is 0.555. The number of methoxy groups -OCH3 is 2. The van der Waals surface area contributed by atoms with Crippen LogP contribution in [0.1, 0.15) is 25.7 Å². The lowest BCUT2D eigenvalue weighted by Crippen LogP contribution is -2.43. The van der Waals surface area contributed by atoms with Gasteiger partial charge in [0.1, 0.15) is 5.82 Å². The summed E-state index contributed by atoms with van der Waals surface area (Å²) in [6.45, 7) is 2.54. The highest BCUT2D eigenvalue weighted by atomic mass is 19.4. The van der Waals surface area contributed by atoms with Crippen molar-refractivity contribution in [3.8, 4) is 11.5 Å². The van der Waals surface area contributed by atoms with Crippen molar-refractivity contribution < 1.29 is 41.3 Å². The van der Waals surface area contributed by atoms with Gasteiger partial charge in [-0.25, -0.2) is 18.6 Å². The number of piperidine rings is 2. The molecule has 0 amide bonds. The number of carboxylic acids is 1. The van der Waals surface area contributed by atoms with Crippen LogP contribution in [0, 0.1) is 0 Å². The first kappa shape index (κ1) is 29.4. The summed E-state index contributed by atoms with van der Waals surface area (Å²) in [6.07, 6.45) is -3.37. The van der Waals surface area contributed by atoms with Crippen LogP contribution in [0.15, 0.2) is 12.1 Å². The predicted molar refractivity (Wildman–Crippen MR) is 132 cm³/mol. The summed E-state index contributed by atoms with van der Waals surface area (Å²) in [5.74, 6) is -2.89. The molecule has 3 heterocycles. The van der Waals surface area contributed by atoms with E-state index in [0.29, 0.717) is 23.5 Å². The molecule has 0 radical (unpaired) electrons. The third-order valence-electron chi connectivity index (χ3n) is 6.76. The summed E-state index contributed by atoms with van der Waals surface area (Å²) >= 11 is 0. The highest BCUT2D eigenvalue weighted by Gasteiger charge is 2.38. The molecule has 0 atom stereocenters. The van der Waals surface area contributed by atoms with Gasteiger partial charge in [-0.2, -0.15) is 18.2 Å². The van der Waals surface area contributed by atoms with Crippen molar-refractivity contribution in [1.82, 2.24) is 14.9 Å². The number of hydrogen-bond donors (Lipinski definition) is 1. The van der Waals surface area contributed by atoms with E-state index in [9.17, 15) is 22.0 Å². The van der Waals surface area contributed by atoms with Crippen molar-refractivity contribution in [2.24, 2.45) is 0 Å². The third kappa shape index (κ3) is 7.03. The van der Waals surface area contributed by atoms with Crippen molar-refractivity contribution in [2.45, 2.75) is 43.8 Å². The Morgan fingerprint density at radius 2 is 1.58 bits per heavy atom. The maximum atomic E-state index is 13.7. The number of aromatic nitrogens is 2. The van der Waals surface area contributed by atoms with Gasteiger partial charge in [0.05, 0.1) is 19.7 Å². The second-order valence-corrected chi connectivity index (χ2v) is 9.36. The van der Waals surface area contributed by atoms with E-state index >= 15 is 0 Å². The molecule has 14 heteroatoms. The van der Waals surface area contributed by atoms with Gasteiger partial charge in [0.2, 0.25) is 5.95 Å². The molecular weight excluding hydrogens is 517 g/mol. The normalized spacial score (nSPS) is 18.5. The number of alkyl halides is 5. The van der Waals surface area contributed by atoms with Gasteiger partial charge < -0.3 is 29.3 Å². The number of ether oxygens (including phenoxy) is 2. The molecule has 2 aliphatic rings. The van der Waals surface area contributed by atoms with Gasteiger partial charge >= 0.3 is 12.1 Å². The highest BCUT2D eigenvalue weighted by molar-refractivity contribution is 5.93. The minimum atomic E-state index is -5.08. The average molecular weight is 550 g/mol. The number of anilines is 2. The summed E-state index contributed by atoms with van der Waals surface area (Å²) < 4.78 is 70.1. The monoisotopic (exact) mass is 549 g/mol. The van der Waals surface area contributed by atoms with Gasteiger partial charge in [0.25, 0.3) is 5.92 Å². The van der Waals surface area contributed by atoms with Crippen LogP contribution in [0.25, 0.3) is 10.9 Å². The number of aliphatic carboxylic acids is 1. The molecule has 9 nitrogen and oxygen atoms in total. The summed E-state index contributed by atoms with van der Waals surface area (Å²) in [5.41, 5.74) is 0.717. The Morgan fingerprint density at radius 3 is 2.08 bits per heavy atom. The van der Waals surface area contributed by atoms with Crippen LogP contribution in [0.3, 0.4) is 0 Å². The first-order valence-corrected chi connectivity index (χ1v) is 12.0. The smallest absolute Gasteiger partial charge is 0.490 e. The number of benzene rings is 1. The number of hydrogen-bond acceptors (Lipinski definition) is 8. The Morgan fingerprint density at radius 1 is 1.05 bits per heavy atom. The largest absolute Gasteiger partial charge is 0.493 e. The fourth-order valence-corrected chi connectivity index (χ4v) is 4.43. The zero-order valence-corrected chi connectivity index (χ0v) is 21.7. The van der Waals surface area contributed by atoms with E-state index in [0.717, 1.165) is 42.7 Å². The molecule has 2 fully saturated rings. The van der Waals surface area contributed by atoms with Crippen molar-refractivity contribution in [3.63, 3.8) is 0 Å². The van der Waals surface area contributed by atoms with Gasteiger partial charge in [0, 0.05) is 50.5 Å². The zero-order valence-electron chi connectivity index (χ0n) is 21.7. The number of carbonyl (C=O) groups is 1. The molecule has 0 saturated carbocycles. The molecule has 1 aromatic carbocycles. The molecule has 4 rings (SSSR count). The Balaban J connectivity index is 0.000000505. The zero-order chi connectivity index (χ0) is 28.3. The van der Waals surface area contributed by atoms with Gasteiger partial charge in [-0.3, -0.25) is 0 Å². The number of carboxylic acid groups (broad SMARTS) is 1. The van der Waals surface area contributed by atoms with Crippen molar-refractivity contribution in [1.29, 1.82) is 0 Å². The summed E-state index contributed by atoms with van der Waals surface area (Å²) in [6, 6.07) is 4.09. The van der Waals surface area contributed by atoms with E-state index in [1.807, 2.05) is 17.0 Å². The lowest BCUT2D eigenvalue weighted by atomic mass is 10.0. The topological polar surface area (TPSA) is 91.3 Å². The molecule has 0 bridgehead atoms. The second-order valence-electron chi connectivity index (χ2n) is 9.36. The molecule has 0 aliphatic carbocycles. The standard InChI is InChI=1S/C22H31F2N5O2.C2HF3O2/c1-27-9-5-15(6-10-27)28(2)20-16-13-18(30-3)19(31-4)14-17(16)25-21(26-20)29-11-7-22(23,24)8-12-29;3-2(4,5)1(6)7/h13-15H,5-12H2,1-4H3;(H,6,7). The van der Waals surface area contributed by atoms with Gasteiger partial charge in [-0.15, -0.1) is 0 Å². The van der Waals surface area contributed by atoms with E-state index in [2.05, 4.69) is 23.9 Å². The minimum absolute atomic E-state index is 0.180. The third-order valence-corrected chi connectivity index (χ3v) is 6.76. The van der Waals surface area contributed by atoms with Crippen LogP contribution in [-0.2, 0) is 4.79 Å². The molecule has 2 aromatic rings. The van der Waals surface area contributed by atoms with E-state index < -0.39 is 18.1 Å². The van der Waals surface area contributed by atoms with Crippen molar-refractivity contribution >= 4 is 28.6 Å². The summed E-state index contributed by atoms with van der Waals surface area (Å²) in [4.78, 5) is 24.9. The van der Waals surface area contributed by atoms with Crippen LogP contribution < -0.4 is 19.3 Å². The Labute approximate surface area is 217 Å². The number of rotatable bonds is 5. The summed E-state index contributed by atoms with van der Waals surface area (Å²) in [5, 5.41) is 7.99. The predicted octanol–water partition coefficient (Wildman–Crippen LogP) is 4.05. The van der Waals surface area contributed by atoms with Crippen molar-refractivity contribution in [3.05, 3.63) is 12.1 Å². The maximum absolute atomic E-state index is 13.7. The van der Waals surface area contributed by atoms with E-state index in [1.165, 1.54) is 0 Å². The molecule has 1 N–H and O–H groups in total. The Bertz CT molecular complexity index is 1120.